The Kier molecular flexibility index (Phi) is 5.83. The molecule has 5 rings (SSSR count). The molecule has 5 nitrogen and oxygen atoms in total. The number of amides is 1. The molecule has 1 aromatic heterocycles. The van der Waals surface area contributed by atoms with Gasteiger partial charge in [-0.3, -0.25) is 14.7 Å². The van der Waals surface area contributed by atoms with Crippen molar-refractivity contribution < 1.29 is 9.53 Å². The van der Waals surface area contributed by atoms with Crippen molar-refractivity contribution in [2.24, 2.45) is 5.92 Å². The summed E-state index contributed by atoms with van der Waals surface area (Å²) in [4.78, 5) is 20.1. The smallest absolute Gasteiger partial charge is 0.255 e. The summed E-state index contributed by atoms with van der Waals surface area (Å²) < 4.78 is 5.76. The number of pyridine rings is 1. The normalized spacial score (nSPS) is 18.8. The number of carbonyl (C=O) groups is 1. The number of ether oxygens (including phenoxy) is 1. The number of carbonyl (C=O) groups excluding carboxylic acids is 1. The van der Waals surface area contributed by atoms with E-state index in [1.807, 2.05) is 43.5 Å². The predicted molar refractivity (Wildman–Crippen MR) is 128 cm³/mol. The van der Waals surface area contributed by atoms with Crippen molar-refractivity contribution in [1.29, 1.82) is 0 Å². The van der Waals surface area contributed by atoms with Crippen LogP contribution in [-0.4, -0.2) is 35.0 Å². The molecule has 2 heterocycles. The first-order chi connectivity index (χ1) is 15.6. The van der Waals surface area contributed by atoms with Gasteiger partial charge in [-0.2, -0.15) is 0 Å². The molecule has 2 aromatic carbocycles. The molecule has 1 N–H and O–H groups in total. The highest BCUT2D eigenvalue weighted by Gasteiger charge is 2.22. The van der Waals surface area contributed by atoms with Crippen LogP contribution in [0, 0.1) is 12.8 Å². The van der Waals surface area contributed by atoms with Crippen LogP contribution in [0.25, 0.3) is 10.9 Å². The van der Waals surface area contributed by atoms with Gasteiger partial charge in [-0.25, -0.2) is 0 Å². The molecule has 0 bridgehead atoms. The van der Waals surface area contributed by atoms with Crippen LogP contribution in [-0.2, 0) is 6.54 Å². The molecule has 1 unspecified atom stereocenters. The molecule has 0 radical (unpaired) electrons. The number of aromatic nitrogens is 1. The molecule has 1 atom stereocenters. The van der Waals surface area contributed by atoms with Crippen molar-refractivity contribution in [2.75, 3.05) is 18.5 Å². The second kappa shape index (κ2) is 8.91. The topological polar surface area (TPSA) is 54.5 Å². The van der Waals surface area contributed by atoms with E-state index in [-0.39, 0.29) is 5.91 Å². The molecule has 1 aliphatic heterocycles. The fourth-order valence-corrected chi connectivity index (χ4v) is 4.47. The van der Waals surface area contributed by atoms with Gasteiger partial charge in [0.1, 0.15) is 5.75 Å². The minimum Gasteiger partial charge on any atom is -0.493 e. The maximum atomic E-state index is 12.8. The van der Waals surface area contributed by atoms with Gasteiger partial charge >= 0.3 is 0 Å². The van der Waals surface area contributed by atoms with Gasteiger partial charge in [0.15, 0.2) is 0 Å². The van der Waals surface area contributed by atoms with Gasteiger partial charge in [0.2, 0.25) is 0 Å². The number of nitrogens with one attached hydrogen (secondary N) is 1. The van der Waals surface area contributed by atoms with E-state index in [4.69, 9.17) is 9.72 Å². The lowest BCUT2D eigenvalue weighted by Crippen LogP contribution is -2.26. The van der Waals surface area contributed by atoms with Gasteiger partial charge in [-0.15, -0.1) is 0 Å². The third kappa shape index (κ3) is 4.63. The fraction of sp³-hybridized carbons (Fsp3) is 0.407. The quantitative estimate of drug-likeness (QED) is 0.534. The van der Waals surface area contributed by atoms with E-state index in [9.17, 15) is 4.79 Å². The predicted octanol–water partition coefficient (Wildman–Crippen LogP) is 5.57. The summed E-state index contributed by atoms with van der Waals surface area (Å²) >= 11 is 0. The minimum absolute atomic E-state index is 0.124. The Labute approximate surface area is 189 Å². The van der Waals surface area contributed by atoms with Gasteiger partial charge < -0.3 is 10.1 Å². The Hall–Kier alpha value is -2.92. The zero-order valence-corrected chi connectivity index (χ0v) is 18.9. The van der Waals surface area contributed by atoms with E-state index < -0.39 is 0 Å². The molecule has 0 spiro atoms. The number of benzene rings is 2. The molecular formula is C27H31N3O2. The average molecular weight is 430 g/mol. The highest BCUT2D eigenvalue weighted by atomic mass is 16.5. The molecule has 3 aromatic rings. The number of aryl methyl sites for hydroxylation is 1. The molecule has 2 fully saturated rings. The van der Waals surface area contributed by atoms with Crippen LogP contribution >= 0.6 is 0 Å². The summed E-state index contributed by atoms with van der Waals surface area (Å²) in [5.41, 5.74) is 4.58. The highest BCUT2D eigenvalue weighted by molar-refractivity contribution is 6.06. The zero-order chi connectivity index (χ0) is 22.1. The lowest BCUT2D eigenvalue weighted by molar-refractivity contribution is 0.102. The first kappa shape index (κ1) is 21.0. The zero-order valence-electron chi connectivity index (χ0n) is 18.9. The van der Waals surface area contributed by atoms with Crippen LogP contribution in [0.3, 0.4) is 0 Å². The number of rotatable bonds is 7. The van der Waals surface area contributed by atoms with Gasteiger partial charge in [0, 0.05) is 35.4 Å². The molecule has 1 saturated carbocycles. The number of hydrogen-bond donors (Lipinski definition) is 1. The van der Waals surface area contributed by atoms with Crippen LogP contribution in [0.15, 0.2) is 48.7 Å². The Balaban J connectivity index is 1.27. The summed E-state index contributed by atoms with van der Waals surface area (Å²) in [6, 6.07) is 14.3. The average Bonchev–Trinajstić information content (AvgIpc) is 3.56. The Morgan fingerprint density at radius 3 is 2.69 bits per heavy atom. The van der Waals surface area contributed by atoms with Crippen molar-refractivity contribution >= 4 is 22.5 Å². The number of nitrogens with zero attached hydrogens (tertiary/aromatic N) is 2. The number of anilines is 1. The van der Waals surface area contributed by atoms with E-state index in [0.717, 1.165) is 47.6 Å². The van der Waals surface area contributed by atoms with Crippen molar-refractivity contribution in [2.45, 2.75) is 52.1 Å². The maximum absolute atomic E-state index is 12.8. The van der Waals surface area contributed by atoms with E-state index in [0.29, 0.717) is 17.5 Å². The molecule has 5 heteroatoms. The number of hydrogen-bond acceptors (Lipinski definition) is 4. The third-order valence-electron chi connectivity index (χ3n) is 6.79. The Morgan fingerprint density at radius 2 is 1.97 bits per heavy atom. The molecule has 2 aliphatic rings. The van der Waals surface area contributed by atoms with E-state index in [1.54, 1.807) is 0 Å². The van der Waals surface area contributed by atoms with Crippen molar-refractivity contribution in [3.05, 3.63) is 65.4 Å². The lowest BCUT2D eigenvalue weighted by Gasteiger charge is -2.21. The summed E-state index contributed by atoms with van der Waals surface area (Å²) in [5.74, 6) is 1.40. The second-order valence-corrected chi connectivity index (χ2v) is 9.35. The van der Waals surface area contributed by atoms with Crippen molar-refractivity contribution in [3.8, 4) is 5.75 Å². The SMILES string of the molecule is Cc1c(NC(=O)c2ccc(OCC3CC3)cc2)ccc2cc(CN3CCCC3C)cnc12. The summed E-state index contributed by atoms with van der Waals surface area (Å²) in [5, 5.41) is 4.16. The molecule has 1 amide bonds. The minimum atomic E-state index is -0.124. The van der Waals surface area contributed by atoms with Gasteiger partial charge in [0.25, 0.3) is 5.91 Å². The molecule has 1 saturated heterocycles. The summed E-state index contributed by atoms with van der Waals surface area (Å²) in [6.45, 7) is 7.20. The molecular weight excluding hydrogens is 398 g/mol. The van der Waals surface area contributed by atoms with Crippen LogP contribution in [0.5, 0.6) is 5.75 Å². The van der Waals surface area contributed by atoms with Gasteiger partial charge in [0.05, 0.1) is 12.1 Å². The molecule has 166 valence electrons. The van der Waals surface area contributed by atoms with Gasteiger partial charge in [-0.1, -0.05) is 6.07 Å². The fourth-order valence-electron chi connectivity index (χ4n) is 4.47. The lowest BCUT2D eigenvalue weighted by atomic mass is 10.1. The first-order valence-electron chi connectivity index (χ1n) is 11.7. The van der Waals surface area contributed by atoms with Crippen molar-refractivity contribution in [3.63, 3.8) is 0 Å². The summed E-state index contributed by atoms with van der Waals surface area (Å²) in [7, 11) is 0. The van der Waals surface area contributed by atoms with E-state index in [1.165, 1.54) is 31.2 Å². The second-order valence-electron chi connectivity index (χ2n) is 9.35. The van der Waals surface area contributed by atoms with Gasteiger partial charge in [-0.05, 0) is 99.5 Å². The maximum Gasteiger partial charge on any atom is 0.255 e. The monoisotopic (exact) mass is 429 g/mol. The summed E-state index contributed by atoms with van der Waals surface area (Å²) in [6.07, 6.45) is 7.06. The van der Waals surface area contributed by atoms with Crippen LogP contribution in [0.1, 0.15) is 54.1 Å². The van der Waals surface area contributed by atoms with E-state index >= 15 is 0 Å². The number of likely N-dealkylation sites (tertiary alicyclic amines) is 1. The van der Waals surface area contributed by atoms with E-state index in [2.05, 4.69) is 29.3 Å². The van der Waals surface area contributed by atoms with Crippen molar-refractivity contribution in [1.82, 2.24) is 9.88 Å². The number of fused-ring (bicyclic) bond motifs is 1. The largest absolute Gasteiger partial charge is 0.493 e. The highest BCUT2D eigenvalue weighted by Crippen LogP contribution is 2.30. The van der Waals surface area contributed by atoms with Crippen LogP contribution in [0.4, 0.5) is 5.69 Å². The Bertz CT molecular complexity index is 1120. The third-order valence-corrected chi connectivity index (χ3v) is 6.79. The standard InChI is InChI=1S/C27H31N3O2/c1-18-4-3-13-30(18)16-21-14-23-9-12-25(19(2)26(23)28-15-21)29-27(31)22-7-10-24(11-8-22)32-17-20-5-6-20/h7-12,14-15,18,20H,3-6,13,16-17H2,1-2H3,(H,29,31). The van der Waals surface area contributed by atoms with Crippen LogP contribution < -0.4 is 10.1 Å². The van der Waals surface area contributed by atoms with Crippen LogP contribution in [0.2, 0.25) is 0 Å². The first-order valence-corrected chi connectivity index (χ1v) is 11.7. The molecule has 32 heavy (non-hydrogen) atoms. The molecule has 1 aliphatic carbocycles. The Morgan fingerprint density at radius 1 is 1.16 bits per heavy atom.